The van der Waals surface area contributed by atoms with Crippen molar-refractivity contribution in [2.75, 3.05) is 0 Å². The van der Waals surface area contributed by atoms with Gasteiger partial charge in [-0.1, -0.05) is 48.5 Å². The smallest absolute Gasteiger partial charge is 0.399 e. The normalized spacial score (nSPS) is 18.4. The van der Waals surface area contributed by atoms with Gasteiger partial charge < -0.3 is 9.31 Å². The van der Waals surface area contributed by atoms with E-state index in [-0.39, 0.29) is 12.3 Å². The highest BCUT2D eigenvalue weighted by Gasteiger charge is 2.51. The van der Waals surface area contributed by atoms with Crippen molar-refractivity contribution in [1.82, 2.24) is 9.19 Å². The lowest BCUT2D eigenvalue weighted by Crippen LogP contribution is -2.41. The predicted molar refractivity (Wildman–Crippen MR) is 115 cm³/mol. The van der Waals surface area contributed by atoms with Crippen molar-refractivity contribution >= 4 is 48.0 Å². The third-order valence-corrected chi connectivity index (χ3v) is 5.93. The minimum Gasteiger partial charge on any atom is -0.399 e. The molecule has 0 bridgehead atoms. The van der Waals surface area contributed by atoms with Crippen molar-refractivity contribution in [3.8, 4) is 0 Å². The average molecular weight is 396 g/mol. The molecule has 0 spiro atoms. The molecule has 1 aliphatic rings. The SMILES string of the molecule is CC1(C)OB(c2ccc3c(c2)c(/C=C/c2ccccc2)nn3SF)OC1(C)C. The van der Waals surface area contributed by atoms with Gasteiger partial charge in [-0.05, 0) is 50.9 Å². The minimum atomic E-state index is -0.471. The topological polar surface area (TPSA) is 36.3 Å². The van der Waals surface area contributed by atoms with Gasteiger partial charge in [-0.2, -0.15) is 9.19 Å². The lowest BCUT2D eigenvalue weighted by Gasteiger charge is -2.32. The van der Waals surface area contributed by atoms with Gasteiger partial charge in [0.25, 0.3) is 0 Å². The summed E-state index contributed by atoms with van der Waals surface area (Å²) in [7, 11) is -0.471. The Kier molecular flexibility index (Phi) is 4.85. The zero-order chi connectivity index (χ0) is 19.9. The molecule has 144 valence electrons. The Morgan fingerprint density at radius 2 is 1.68 bits per heavy atom. The number of hydrogen-bond donors (Lipinski definition) is 0. The van der Waals surface area contributed by atoms with Crippen molar-refractivity contribution in [2.45, 2.75) is 38.9 Å². The summed E-state index contributed by atoms with van der Waals surface area (Å²) in [6.07, 6.45) is 3.87. The molecule has 1 fully saturated rings. The molecule has 0 atom stereocenters. The van der Waals surface area contributed by atoms with Gasteiger partial charge in [0.1, 0.15) is 0 Å². The zero-order valence-electron chi connectivity index (χ0n) is 16.3. The van der Waals surface area contributed by atoms with Crippen LogP contribution in [0.3, 0.4) is 0 Å². The van der Waals surface area contributed by atoms with Gasteiger partial charge in [-0.15, -0.1) is 3.89 Å². The third kappa shape index (κ3) is 3.38. The second-order valence-electron chi connectivity index (χ2n) is 7.94. The summed E-state index contributed by atoms with van der Waals surface area (Å²) >= 11 is 0.0876. The van der Waals surface area contributed by atoms with Gasteiger partial charge in [0, 0.05) is 5.39 Å². The van der Waals surface area contributed by atoms with Crippen molar-refractivity contribution in [3.63, 3.8) is 0 Å². The van der Waals surface area contributed by atoms with Gasteiger partial charge >= 0.3 is 7.12 Å². The van der Waals surface area contributed by atoms with E-state index in [0.717, 1.165) is 16.4 Å². The number of rotatable bonds is 4. The molecule has 4 rings (SSSR count). The Hall–Kier alpha value is -2.09. The number of benzene rings is 2. The van der Waals surface area contributed by atoms with E-state index in [4.69, 9.17) is 9.31 Å². The van der Waals surface area contributed by atoms with E-state index >= 15 is 0 Å². The van der Waals surface area contributed by atoms with Gasteiger partial charge in [-0.3, -0.25) is 0 Å². The van der Waals surface area contributed by atoms with Crippen LogP contribution in [-0.4, -0.2) is 27.5 Å². The number of nitrogens with zero attached hydrogens (tertiary/aromatic N) is 2. The summed E-state index contributed by atoms with van der Waals surface area (Å²) in [4.78, 5) is 0. The molecular formula is C21H22BFN2O2S. The fraction of sp³-hybridized carbons (Fsp3) is 0.286. The van der Waals surface area contributed by atoms with Crippen LogP contribution in [0.4, 0.5) is 3.89 Å². The quantitative estimate of drug-likeness (QED) is 0.589. The number of aromatic nitrogens is 2. The van der Waals surface area contributed by atoms with Gasteiger partial charge in [0.05, 0.1) is 22.4 Å². The Bertz CT molecular complexity index is 1020. The lowest BCUT2D eigenvalue weighted by molar-refractivity contribution is 0.00578. The van der Waals surface area contributed by atoms with Gasteiger partial charge in [0.15, 0.2) is 12.3 Å². The van der Waals surface area contributed by atoms with Gasteiger partial charge in [0.2, 0.25) is 0 Å². The van der Waals surface area contributed by atoms with E-state index < -0.39 is 18.3 Å². The van der Waals surface area contributed by atoms with Crippen molar-refractivity contribution in [3.05, 3.63) is 59.8 Å². The monoisotopic (exact) mass is 396 g/mol. The molecule has 2 aromatic carbocycles. The first-order valence-corrected chi connectivity index (χ1v) is 9.89. The predicted octanol–water partition coefficient (Wildman–Crippen LogP) is 4.89. The van der Waals surface area contributed by atoms with Crippen LogP contribution in [0.2, 0.25) is 0 Å². The first-order chi connectivity index (χ1) is 13.3. The Morgan fingerprint density at radius 1 is 1.00 bits per heavy atom. The summed E-state index contributed by atoms with van der Waals surface area (Å²) < 4.78 is 27.0. The molecule has 1 aliphatic heterocycles. The Morgan fingerprint density at radius 3 is 2.32 bits per heavy atom. The fourth-order valence-electron chi connectivity index (χ4n) is 3.17. The number of hydrogen-bond acceptors (Lipinski definition) is 4. The molecule has 3 aromatic rings. The molecule has 1 saturated heterocycles. The molecule has 0 saturated carbocycles. The minimum absolute atomic E-state index is 0.0876. The maximum absolute atomic E-state index is 13.4. The molecule has 0 aliphatic carbocycles. The molecule has 7 heteroatoms. The van der Waals surface area contributed by atoms with E-state index in [1.165, 1.54) is 4.09 Å². The van der Waals surface area contributed by atoms with E-state index in [0.29, 0.717) is 11.2 Å². The van der Waals surface area contributed by atoms with Crippen LogP contribution in [0.1, 0.15) is 39.0 Å². The van der Waals surface area contributed by atoms with Crippen LogP contribution >= 0.6 is 12.3 Å². The molecule has 0 radical (unpaired) electrons. The summed E-state index contributed by atoms with van der Waals surface area (Å²) in [6.45, 7) is 8.10. The molecule has 0 unspecified atom stereocenters. The molecule has 28 heavy (non-hydrogen) atoms. The summed E-state index contributed by atoms with van der Waals surface area (Å²) in [5.41, 5.74) is 2.52. The second kappa shape index (κ2) is 7.06. The molecule has 0 N–H and O–H groups in total. The zero-order valence-corrected chi connectivity index (χ0v) is 17.2. The van der Waals surface area contributed by atoms with Crippen LogP contribution in [0.5, 0.6) is 0 Å². The lowest BCUT2D eigenvalue weighted by atomic mass is 9.78. The standard InChI is InChI=1S/C21H22BFN2O2S/c1-20(2)21(3,4)27-22(26-20)16-11-13-19-17(14-16)18(24-25(19)28-23)12-10-15-8-6-5-7-9-15/h5-14H,1-4H3/b12-10+. The van der Waals surface area contributed by atoms with Crippen molar-refractivity contribution in [1.29, 1.82) is 0 Å². The highest BCUT2D eigenvalue weighted by molar-refractivity contribution is 7.92. The maximum atomic E-state index is 13.4. The Balaban J connectivity index is 1.73. The largest absolute Gasteiger partial charge is 0.494 e. The van der Waals surface area contributed by atoms with Crippen LogP contribution in [0, 0.1) is 0 Å². The first-order valence-electron chi connectivity index (χ1n) is 9.21. The summed E-state index contributed by atoms with van der Waals surface area (Å²) in [6, 6.07) is 15.7. The van der Waals surface area contributed by atoms with Crippen LogP contribution in [0.15, 0.2) is 48.5 Å². The van der Waals surface area contributed by atoms with Crippen LogP contribution < -0.4 is 5.46 Å². The summed E-state index contributed by atoms with van der Waals surface area (Å²) in [5.74, 6) is 0. The Labute approximate surface area is 169 Å². The second-order valence-corrected chi connectivity index (χ2v) is 8.42. The van der Waals surface area contributed by atoms with E-state index in [2.05, 4.69) is 5.10 Å². The molecule has 1 aromatic heterocycles. The third-order valence-electron chi connectivity index (χ3n) is 5.53. The maximum Gasteiger partial charge on any atom is 0.494 e. The highest BCUT2D eigenvalue weighted by Crippen LogP contribution is 2.36. The van der Waals surface area contributed by atoms with E-state index in [1.807, 2.05) is 88.4 Å². The first kappa shape index (κ1) is 19.2. The molecule has 4 nitrogen and oxygen atoms in total. The van der Waals surface area contributed by atoms with E-state index in [1.54, 1.807) is 0 Å². The molecule has 2 heterocycles. The van der Waals surface area contributed by atoms with Crippen molar-refractivity contribution in [2.24, 2.45) is 0 Å². The van der Waals surface area contributed by atoms with Gasteiger partial charge in [-0.25, -0.2) is 0 Å². The fourth-order valence-corrected chi connectivity index (χ4v) is 3.52. The highest BCUT2D eigenvalue weighted by atomic mass is 32.2. The number of fused-ring (bicyclic) bond motifs is 1. The average Bonchev–Trinajstić information content (AvgIpc) is 3.13. The number of halogens is 1. The van der Waals surface area contributed by atoms with Crippen LogP contribution in [-0.2, 0) is 9.31 Å². The molecule has 0 amide bonds. The van der Waals surface area contributed by atoms with E-state index in [9.17, 15) is 3.89 Å². The van der Waals surface area contributed by atoms with Crippen molar-refractivity contribution < 1.29 is 13.2 Å². The summed E-state index contributed by atoms with van der Waals surface area (Å²) in [5, 5.41) is 5.24. The molecular weight excluding hydrogens is 374 g/mol. The van der Waals surface area contributed by atoms with Crippen LogP contribution in [0.25, 0.3) is 23.1 Å².